The van der Waals surface area contributed by atoms with Gasteiger partial charge in [-0.15, -0.1) is 0 Å². The van der Waals surface area contributed by atoms with Crippen LogP contribution in [-0.2, 0) is 10.4 Å². The number of pyridine rings is 1. The molecule has 1 heterocycles. The summed E-state index contributed by atoms with van der Waals surface area (Å²) in [5.41, 5.74) is 5.41. The Bertz CT molecular complexity index is 1590. The third kappa shape index (κ3) is 7.68. The maximum absolute atomic E-state index is 11.2. The van der Waals surface area contributed by atoms with Crippen molar-refractivity contribution in [2.24, 2.45) is 5.41 Å². The number of carboxylic acid groups (broad SMARTS) is 1. The van der Waals surface area contributed by atoms with Crippen molar-refractivity contribution in [1.29, 1.82) is 0 Å². The smallest absolute Gasteiger partial charge is 0.550 e. The summed E-state index contributed by atoms with van der Waals surface area (Å²) in [4.78, 5) is 16.1. The number of aliphatic hydroxyl groups is 1. The molecular formula is C35H35ClNNaO3S. The molecule has 1 fully saturated rings. The molecule has 7 heteroatoms. The molecule has 1 aliphatic rings. The molecule has 0 saturated heterocycles. The van der Waals surface area contributed by atoms with Gasteiger partial charge in [0.1, 0.15) is 0 Å². The van der Waals surface area contributed by atoms with E-state index >= 15 is 0 Å². The van der Waals surface area contributed by atoms with E-state index in [4.69, 9.17) is 16.6 Å². The van der Waals surface area contributed by atoms with Crippen LogP contribution in [0.15, 0.2) is 85.4 Å². The van der Waals surface area contributed by atoms with Crippen molar-refractivity contribution in [1.82, 2.24) is 4.98 Å². The summed E-state index contributed by atoms with van der Waals surface area (Å²) >= 11 is 8.06. The van der Waals surface area contributed by atoms with Gasteiger partial charge in [-0.1, -0.05) is 78.8 Å². The van der Waals surface area contributed by atoms with Crippen LogP contribution in [0.3, 0.4) is 0 Å². The Kier molecular flexibility index (Phi) is 10.7. The van der Waals surface area contributed by atoms with Crippen LogP contribution in [-0.4, -0.2) is 27.6 Å². The predicted octanol–water partition coefficient (Wildman–Crippen LogP) is 4.36. The molecule has 212 valence electrons. The molecule has 0 radical (unpaired) electrons. The summed E-state index contributed by atoms with van der Waals surface area (Å²) in [6, 6.07) is 26.1. The van der Waals surface area contributed by atoms with Gasteiger partial charge in [0.2, 0.25) is 0 Å². The Balaban J connectivity index is 0.00000405. The van der Waals surface area contributed by atoms with Gasteiger partial charge in [-0.25, -0.2) is 4.98 Å². The van der Waals surface area contributed by atoms with E-state index in [9.17, 15) is 15.0 Å². The molecule has 42 heavy (non-hydrogen) atoms. The van der Waals surface area contributed by atoms with Crippen molar-refractivity contribution < 1.29 is 44.6 Å². The number of thioether (sulfide) groups is 1. The zero-order valence-electron chi connectivity index (χ0n) is 24.5. The fraction of sp³-hybridized carbons (Fsp3) is 0.314. The standard InChI is InChI=1S/C35H36ClNO3S.Na/c1-23(31-15-13-24-12-14-25(36)20-32(24)37-31)26-8-4-5-9-27(26)28(29-10-6-7-11-30(29)34(2,3)40)16-19-41-22-35(17-18-35)21-33(38)39;/h4-15,20,28,40H,1,16-19,21-22H2,2-3H3,(H,38,39);/q;+1/p-1/t28-;/m1./s1. The molecule has 0 bridgehead atoms. The molecule has 1 N–H and O–H groups in total. The van der Waals surface area contributed by atoms with Crippen LogP contribution in [0, 0.1) is 5.41 Å². The van der Waals surface area contributed by atoms with Gasteiger partial charge in [0.25, 0.3) is 0 Å². The van der Waals surface area contributed by atoms with E-state index in [1.54, 1.807) is 0 Å². The Morgan fingerprint density at radius 3 is 2.43 bits per heavy atom. The molecule has 4 aromatic rings. The molecule has 3 aromatic carbocycles. The van der Waals surface area contributed by atoms with Crippen LogP contribution in [0.1, 0.15) is 73.4 Å². The molecule has 1 atom stereocenters. The van der Waals surface area contributed by atoms with E-state index < -0.39 is 11.6 Å². The van der Waals surface area contributed by atoms with Gasteiger partial charge < -0.3 is 15.0 Å². The van der Waals surface area contributed by atoms with Gasteiger partial charge in [0.15, 0.2) is 0 Å². The normalized spacial score (nSPS) is 14.7. The van der Waals surface area contributed by atoms with Crippen LogP contribution in [0.25, 0.3) is 16.5 Å². The minimum atomic E-state index is -1.01. The maximum Gasteiger partial charge on any atom is 1.00 e. The van der Waals surface area contributed by atoms with E-state index in [-0.39, 0.29) is 47.3 Å². The van der Waals surface area contributed by atoms with E-state index in [2.05, 4.69) is 24.8 Å². The van der Waals surface area contributed by atoms with Crippen molar-refractivity contribution in [2.45, 2.75) is 51.0 Å². The van der Waals surface area contributed by atoms with Crippen molar-refractivity contribution in [3.8, 4) is 0 Å². The second-order valence-electron chi connectivity index (χ2n) is 11.7. The van der Waals surface area contributed by atoms with Gasteiger partial charge in [-0.2, -0.15) is 11.8 Å². The Labute approximate surface area is 279 Å². The second kappa shape index (κ2) is 13.7. The first-order chi connectivity index (χ1) is 19.6. The molecular weight excluding hydrogens is 573 g/mol. The molecule has 1 aliphatic carbocycles. The average molecular weight is 608 g/mol. The minimum absolute atomic E-state index is 0. The average Bonchev–Trinajstić information content (AvgIpc) is 3.70. The first kappa shape index (κ1) is 32.8. The van der Waals surface area contributed by atoms with Crippen LogP contribution in [0.4, 0.5) is 0 Å². The van der Waals surface area contributed by atoms with Crippen LogP contribution < -0.4 is 34.7 Å². The Hall–Kier alpha value is -2.12. The number of rotatable bonds is 12. The number of aliphatic carboxylic acids is 1. The summed E-state index contributed by atoms with van der Waals surface area (Å²) < 4.78 is 0. The van der Waals surface area contributed by atoms with Crippen molar-refractivity contribution in [3.63, 3.8) is 0 Å². The topological polar surface area (TPSA) is 73.2 Å². The summed E-state index contributed by atoms with van der Waals surface area (Å²) in [6.45, 7) is 8.13. The minimum Gasteiger partial charge on any atom is -0.550 e. The number of carbonyl (C=O) groups excluding carboxylic acids is 1. The third-order valence-corrected chi connectivity index (χ3v) is 9.63. The van der Waals surface area contributed by atoms with Gasteiger partial charge in [0, 0.05) is 27.9 Å². The molecule has 1 aromatic heterocycles. The predicted molar refractivity (Wildman–Crippen MR) is 168 cm³/mol. The number of hydrogen-bond acceptors (Lipinski definition) is 5. The molecule has 1 saturated carbocycles. The van der Waals surface area contributed by atoms with E-state index in [0.29, 0.717) is 5.02 Å². The number of halogens is 1. The molecule has 5 rings (SSSR count). The Morgan fingerprint density at radius 1 is 1.07 bits per heavy atom. The summed E-state index contributed by atoms with van der Waals surface area (Å²) in [7, 11) is 0. The van der Waals surface area contributed by atoms with E-state index in [1.807, 2.05) is 86.3 Å². The van der Waals surface area contributed by atoms with Gasteiger partial charge in [0.05, 0.1) is 16.8 Å². The fourth-order valence-electron chi connectivity index (χ4n) is 5.65. The van der Waals surface area contributed by atoms with Crippen LogP contribution in [0.2, 0.25) is 5.02 Å². The number of hydrogen-bond donors (Lipinski definition) is 1. The number of nitrogens with zero attached hydrogens (tertiary/aromatic N) is 1. The van der Waals surface area contributed by atoms with Crippen molar-refractivity contribution in [3.05, 3.63) is 118 Å². The largest absolute Gasteiger partial charge is 1.00 e. The zero-order valence-corrected chi connectivity index (χ0v) is 28.1. The number of fused-ring (bicyclic) bond motifs is 1. The maximum atomic E-state index is 11.2. The molecule has 0 unspecified atom stereocenters. The summed E-state index contributed by atoms with van der Waals surface area (Å²) in [6.07, 6.45) is 2.86. The fourth-order valence-corrected chi connectivity index (χ4v) is 7.19. The number of aromatic nitrogens is 1. The third-order valence-electron chi connectivity index (χ3n) is 8.06. The van der Waals surface area contributed by atoms with Crippen molar-refractivity contribution in [2.75, 3.05) is 11.5 Å². The van der Waals surface area contributed by atoms with E-state index in [1.165, 1.54) is 0 Å². The number of benzene rings is 3. The quantitative estimate of drug-likeness (QED) is 0.191. The molecule has 0 aliphatic heterocycles. The molecule has 4 nitrogen and oxygen atoms in total. The Morgan fingerprint density at radius 2 is 1.74 bits per heavy atom. The first-order valence-corrected chi connectivity index (χ1v) is 15.5. The first-order valence-electron chi connectivity index (χ1n) is 14.0. The second-order valence-corrected chi connectivity index (χ2v) is 13.2. The SMILES string of the molecule is C=C(c1ccc2ccc(Cl)cc2n1)c1ccccc1[C@@H](CCSCC1(CC(=O)[O-])CC1)c1ccccc1C(C)(C)O.[Na+]. The molecule has 0 amide bonds. The van der Waals surface area contributed by atoms with E-state index in [0.717, 1.165) is 75.2 Å². The summed E-state index contributed by atoms with van der Waals surface area (Å²) in [5, 5.41) is 24.0. The number of carboxylic acids is 1. The van der Waals surface area contributed by atoms with Crippen LogP contribution in [0.5, 0.6) is 0 Å². The van der Waals surface area contributed by atoms with Crippen LogP contribution >= 0.6 is 23.4 Å². The van der Waals surface area contributed by atoms with Crippen molar-refractivity contribution >= 4 is 45.8 Å². The monoisotopic (exact) mass is 607 g/mol. The molecule has 0 spiro atoms. The number of carbonyl (C=O) groups is 1. The zero-order chi connectivity index (χ0) is 29.2. The summed E-state index contributed by atoms with van der Waals surface area (Å²) in [5.74, 6) is 0.702. The van der Waals surface area contributed by atoms with Gasteiger partial charge >= 0.3 is 29.6 Å². The van der Waals surface area contributed by atoms with Gasteiger partial charge in [-0.05, 0) is 96.9 Å². The van der Waals surface area contributed by atoms with Gasteiger partial charge in [-0.3, -0.25) is 0 Å².